The molecule has 0 spiro atoms. The van der Waals surface area contributed by atoms with Crippen LogP contribution in [0, 0.1) is 18.3 Å². The Kier molecular flexibility index (Phi) is 7.20. The topological polar surface area (TPSA) is 96.3 Å². The monoisotopic (exact) mass is 366 g/mol. The first-order valence-corrected chi connectivity index (χ1v) is 8.36. The van der Waals surface area contributed by atoms with Crippen molar-refractivity contribution in [3.63, 3.8) is 0 Å². The van der Waals surface area contributed by atoms with Gasteiger partial charge >= 0.3 is 0 Å². The normalized spacial score (nSPS) is 10.7. The summed E-state index contributed by atoms with van der Waals surface area (Å²) in [7, 11) is 3.15. The number of carbonyl (C=O) groups excluding carboxylic acids is 1. The standard InChI is InChI=1S/C20H22N4O3/c1-14-4-6-17(13-23-14)24-12-16(11-21)20(25)22-9-8-15-5-7-18(26-2)19(10-15)27-3/h4-7,10,12-13,24H,8-9H2,1-3H3,(H,22,25)/b16-12-. The molecule has 1 amide bonds. The third-order valence-corrected chi connectivity index (χ3v) is 3.81. The van der Waals surface area contributed by atoms with Crippen molar-refractivity contribution in [2.75, 3.05) is 26.1 Å². The summed E-state index contributed by atoms with van der Waals surface area (Å²) in [6.45, 7) is 2.27. The molecule has 140 valence electrons. The van der Waals surface area contributed by atoms with Crippen LogP contribution >= 0.6 is 0 Å². The Hall–Kier alpha value is -3.53. The summed E-state index contributed by atoms with van der Waals surface area (Å²) in [4.78, 5) is 16.3. The molecule has 0 atom stereocenters. The van der Waals surface area contributed by atoms with E-state index in [0.717, 1.165) is 11.3 Å². The third-order valence-electron chi connectivity index (χ3n) is 3.81. The molecule has 1 aromatic carbocycles. The van der Waals surface area contributed by atoms with Crippen LogP contribution in [-0.2, 0) is 11.2 Å². The molecule has 27 heavy (non-hydrogen) atoms. The average molecular weight is 366 g/mol. The van der Waals surface area contributed by atoms with Gasteiger partial charge < -0.3 is 20.1 Å². The van der Waals surface area contributed by atoms with Crippen molar-refractivity contribution < 1.29 is 14.3 Å². The third kappa shape index (κ3) is 5.75. The Morgan fingerprint density at radius 3 is 2.63 bits per heavy atom. The minimum atomic E-state index is -0.439. The van der Waals surface area contributed by atoms with Crippen molar-refractivity contribution >= 4 is 11.6 Å². The van der Waals surface area contributed by atoms with Gasteiger partial charge in [0.2, 0.25) is 0 Å². The number of nitriles is 1. The lowest BCUT2D eigenvalue weighted by Crippen LogP contribution is -2.27. The van der Waals surface area contributed by atoms with Crippen LogP contribution in [-0.4, -0.2) is 31.7 Å². The highest BCUT2D eigenvalue weighted by atomic mass is 16.5. The lowest BCUT2D eigenvalue weighted by Gasteiger charge is -2.10. The lowest BCUT2D eigenvalue weighted by molar-refractivity contribution is -0.117. The maximum atomic E-state index is 12.2. The number of methoxy groups -OCH3 is 2. The smallest absolute Gasteiger partial charge is 0.263 e. The van der Waals surface area contributed by atoms with E-state index in [-0.39, 0.29) is 5.57 Å². The zero-order valence-corrected chi connectivity index (χ0v) is 15.6. The second kappa shape index (κ2) is 9.82. The maximum absolute atomic E-state index is 12.2. The molecule has 1 aromatic heterocycles. The summed E-state index contributed by atoms with van der Waals surface area (Å²) in [6.07, 6.45) is 3.61. The van der Waals surface area contributed by atoms with Gasteiger partial charge in [-0.1, -0.05) is 6.07 Å². The molecule has 0 unspecified atom stereocenters. The van der Waals surface area contributed by atoms with Gasteiger partial charge in [-0.2, -0.15) is 5.26 Å². The largest absolute Gasteiger partial charge is 0.493 e. The number of nitrogens with zero attached hydrogens (tertiary/aromatic N) is 2. The Bertz CT molecular complexity index is 855. The predicted octanol–water partition coefficient (Wildman–Crippen LogP) is 2.59. The minimum Gasteiger partial charge on any atom is -0.493 e. The molecule has 2 N–H and O–H groups in total. The summed E-state index contributed by atoms with van der Waals surface area (Å²) in [5, 5.41) is 14.8. The minimum absolute atomic E-state index is 0.0112. The fourth-order valence-electron chi connectivity index (χ4n) is 2.31. The van der Waals surface area contributed by atoms with Crippen LogP contribution < -0.4 is 20.1 Å². The van der Waals surface area contributed by atoms with E-state index >= 15 is 0 Å². The van der Waals surface area contributed by atoms with Crippen LogP contribution in [0.15, 0.2) is 48.3 Å². The summed E-state index contributed by atoms with van der Waals surface area (Å²) >= 11 is 0. The van der Waals surface area contributed by atoms with Gasteiger partial charge in [-0.3, -0.25) is 9.78 Å². The highest BCUT2D eigenvalue weighted by molar-refractivity contribution is 5.97. The molecular weight excluding hydrogens is 344 g/mol. The van der Waals surface area contributed by atoms with Gasteiger partial charge in [-0.05, 0) is 43.2 Å². The average Bonchev–Trinajstić information content (AvgIpc) is 2.69. The van der Waals surface area contributed by atoms with Gasteiger partial charge in [0.1, 0.15) is 11.6 Å². The Balaban J connectivity index is 1.90. The zero-order valence-electron chi connectivity index (χ0n) is 15.6. The number of anilines is 1. The summed E-state index contributed by atoms with van der Waals surface area (Å²) in [6, 6.07) is 11.1. The van der Waals surface area contributed by atoms with E-state index in [0.29, 0.717) is 30.2 Å². The molecule has 2 aromatic rings. The van der Waals surface area contributed by atoms with Crippen LogP contribution in [0.3, 0.4) is 0 Å². The molecule has 0 aliphatic rings. The highest BCUT2D eigenvalue weighted by Crippen LogP contribution is 2.27. The number of rotatable bonds is 8. The van der Waals surface area contributed by atoms with E-state index in [4.69, 9.17) is 9.47 Å². The maximum Gasteiger partial charge on any atom is 0.263 e. The number of ether oxygens (including phenoxy) is 2. The molecule has 2 rings (SSSR count). The summed E-state index contributed by atoms with van der Waals surface area (Å²) in [5.74, 6) is 0.844. The van der Waals surface area contributed by atoms with Crippen molar-refractivity contribution in [3.8, 4) is 17.6 Å². The number of nitrogens with one attached hydrogen (secondary N) is 2. The fraction of sp³-hybridized carbons (Fsp3) is 0.250. The molecule has 1 heterocycles. The number of hydrogen-bond acceptors (Lipinski definition) is 6. The number of pyridine rings is 1. The van der Waals surface area contributed by atoms with Gasteiger partial charge in [-0.25, -0.2) is 0 Å². The number of aryl methyl sites for hydroxylation is 1. The van der Waals surface area contributed by atoms with Crippen LogP contribution in [0.5, 0.6) is 11.5 Å². The highest BCUT2D eigenvalue weighted by Gasteiger charge is 2.09. The van der Waals surface area contributed by atoms with Crippen LogP contribution in [0.2, 0.25) is 0 Å². The second-order valence-electron chi connectivity index (χ2n) is 5.70. The first-order valence-electron chi connectivity index (χ1n) is 8.36. The first kappa shape index (κ1) is 19.8. The second-order valence-corrected chi connectivity index (χ2v) is 5.70. The summed E-state index contributed by atoms with van der Waals surface area (Å²) in [5.41, 5.74) is 2.56. The van der Waals surface area contributed by atoms with Crippen molar-refractivity contribution in [2.45, 2.75) is 13.3 Å². The van der Waals surface area contributed by atoms with Gasteiger partial charge in [0.05, 0.1) is 26.1 Å². The van der Waals surface area contributed by atoms with Crippen molar-refractivity contribution in [1.82, 2.24) is 10.3 Å². The quantitative estimate of drug-likeness (QED) is 0.551. The van der Waals surface area contributed by atoms with Crippen LogP contribution in [0.4, 0.5) is 5.69 Å². The molecule has 0 aliphatic heterocycles. The lowest BCUT2D eigenvalue weighted by atomic mass is 10.1. The Labute approximate surface area is 158 Å². The van der Waals surface area contributed by atoms with Crippen molar-refractivity contribution in [1.29, 1.82) is 5.26 Å². The molecule has 7 nitrogen and oxygen atoms in total. The Morgan fingerprint density at radius 1 is 1.22 bits per heavy atom. The molecule has 7 heteroatoms. The number of aromatic nitrogens is 1. The van der Waals surface area contributed by atoms with E-state index in [1.54, 1.807) is 20.4 Å². The number of hydrogen-bond donors (Lipinski definition) is 2. The molecule has 0 aliphatic carbocycles. The molecule has 0 radical (unpaired) electrons. The van der Waals surface area contributed by atoms with Gasteiger partial charge in [0, 0.05) is 18.4 Å². The number of carbonyl (C=O) groups is 1. The molecule has 0 saturated carbocycles. The van der Waals surface area contributed by atoms with E-state index in [2.05, 4.69) is 15.6 Å². The number of benzene rings is 1. The molecule has 0 bridgehead atoms. The zero-order chi connectivity index (χ0) is 19.6. The fourth-order valence-corrected chi connectivity index (χ4v) is 2.31. The molecule has 0 fully saturated rings. The SMILES string of the molecule is COc1ccc(CCNC(=O)/C(C#N)=C\Nc2ccc(C)nc2)cc1OC. The van der Waals surface area contributed by atoms with E-state index in [1.807, 2.05) is 43.3 Å². The molecule has 0 saturated heterocycles. The number of amides is 1. The summed E-state index contributed by atoms with van der Waals surface area (Å²) < 4.78 is 10.5. The van der Waals surface area contributed by atoms with Crippen LogP contribution in [0.25, 0.3) is 0 Å². The van der Waals surface area contributed by atoms with Gasteiger partial charge in [-0.15, -0.1) is 0 Å². The Morgan fingerprint density at radius 2 is 2.00 bits per heavy atom. The van der Waals surface area contributed by atoms with Gasteiger partial charge in [0.15, 0.2) is 11.5 Å². The van der Waals surface area contributed by atoms with E-state index in [1.165, 1.54) is 6.20 Å². The van der Waals surface area contributed by atoms with Crippen molar-refractivity contribution in [3.05, 3.63) is 59.6 Å². The van der Waals surface area contributed by atoms with Crippen LogP contribution in [0.1, 0.15) is 11.3 Å². The molecular formula is C20H22N4O3. The van der Waals surface area contributed by atoms with Crippen molar-refractivity contribution in [2.24, 2.45) is 0 Å². The van der Waals surface area contributed by atoms with Gasteiger partial charge in [0.25, 0.3) is 5.91 Å². The predicted molar refractivity (Wildman–Crippen MR) is 103 cm³/mol. The van der Waals surface area contributed by atoms with E-state index < -0.39 is 5.91 Å². The van der Waals surface area contributed by atoms with E-state index in [9.17, 15) is 10.1 Å². The first-order chi connectivity index (χ1) is 13.1.